The number of carbonyl (C=O) groups excluding carboxylic acids is 1. The summed E-state index contributed by atoms with van der Waals surface area (Å²) in [5, 5.41) is 2.88. The van der Waals surface area contributed by atoms with Gasteiger partial charge in [-0.3, -0.25) is 9.69 Å². The zero-order valence-electron chi connectivity index (χ0n) is 12.7. The van der Waals surface area contributed by atoms with Gasteiger partial charge in [-0.2, -0.15) is 0 Å². The summed E-state index contributed by atoms with van der Waals surface area (Å²) in [6.45, 7) is 5.89. The fourth-order valence-electron chi connectivity index (χ4n) is 3.00. The van der Waals surface area contributed by atoms with E-state index in [-0.39, 0.29) is 11.6 Å². The molecule has 1 amide bonds. The minimum Gasteiger partial charge on any atom is -0.396 e. The van der Waals surface area contributed by atoms with Crippen molar-refractivity contribution in [1.82, 2.24) is 10.2 Å². The Hall–Kier alpha value is -1.62. The molecule has 1 aliphatic rings. The highest BCUT2D eigenvalue weighted by atomic mass is 19.1. The van der Waals surface area contributed by atoms with Crippen LogP contribution in [-0.2, 0) is 0 Å². The lowest BCUT2D eigenvalue weighted by atomic mass is 9.98. The Balaban J connectivity index is 1.85. The summed E-state index contributed by atoms with van der Waals surface area (Å²) in [7, 11) is 0. The van der Waals surface area contributed by atoms with Crippen LogP contribution >= 0.6 is 0 Å². The van der Waals surface area contributed by atoms with Crippen LogP contribution in [0.2, 0.25) is 0 Å². The Kier molecular flexibility index (Phi) is 5.17. The highest BCUT2D eigenvalue weighted by Gasteiger charge is 2.24. The highest BCUT2D eigenvalue weighted by molar-refractivity contribution is 5.95. The first kappa shape index (κ1) is 15.8. The van der Waals surface area contributed by atoms with Crippen LogP contribution < -0.4 is 11.1 Å². The molecule has 0 saturated carbocycles. The molecule has 2 unspecified atom stereocenters. The fraction of sp³-hybridized carbons (Fsp3) is 0.562. The molecule has 1 aromatic rings. The number of piperidine rings is 1. The van der Waals surface area contributed by atoms with Crippen molar-refractivity contribution in [2.24, 2.45) is 0 Å². The number of likely N-dealkylation sites (tertiary alicyclic amines) is 1. The third-order valence-electron chi connectivity index (χ3n) is 4.29. The third-order valence-corrected chi connectivity index (χ3v) is 4.29. The molecule has 2 atom stereocenters. The number of halogens is 1. The second kappa shape index (κ2) is 6.89. The van der Waals surface area contributed by atoms with Crippen LogP contribution in [0.3, 0.4) is 0 Å². The number of nitrogen functional groups attached to an aromatic ring is 1. The topological polar surface area (TPSA) is 58.4 Å². The molecule has 0 aliphatic carbocycles. The Morgan fingerprint density at radius 2 is 2.05 bits per heavy atom. The zero-order valence-corrected chi connectivity index (χ0v) is 12.7. The molecule has 0 spiro atoms. The summed E-state index contributed by atoms with van der Waals surface area (Å²) in [6.07, 6.45) is 3.71. The molecule has 1 saturated heterocycles. The highest BCUT2D eigenvalue weighted by Crippen LogP contribution is 2.21. The van der Waals surface area contributed by atoms with Crippen LogP contribution in [0.4, 0.5) is 10.1 Å². The first-order valence-corrected chi connectivity index (χ1v) is 7.58. The number of rotatable bonds is 4. The van der Waals surface area contributed by atoms with E-state index in [4.69, 9.17) is 5.73 Å². The molecule has 21 heavy (non-hydrogen) atoms. The van der Waals surface area contributed by atoms with Gasteiger partial charge in [0.25, 0.3) is 5.91 Å². The van der Waals surface area contributed by atoms with Crippen LogP contribution in [0.5, 0.6) is 0 Å². The standard InChI is InChI=1S/C16H24FN3O/c1-11-4-3-5-12(2)20(11)9-8-19-16(21)13-6-7-14(17)15(18)10-13/h6-7,10-12H,3-5,8-9,18H2,1-2H3,(H,19,21). The molecule has 3 N–H and O–H groups in total. The van der Waals surface area contributed by atoms with E-state index in [1.807, 2.05) is 0 Å². The largest absolute Gasteiger partial charge is 0.396 e. The number of anilines is 1. The monoisotopic (exact) mass is 293 g/mol. The third kappa shape index (κ3) is 3.94. The van der Waals surface area contributed by atoms with E-state index in [2.05, 4.69) is 24.1 Å². The van der Waals surface area contributed by atoms with Crippen molar-refractivity contribution in [3.63, 3.8) is 0 Å². The van der Waals surface area contributed by atoms with Gasteiger partial charge < -0.3 is 11.1 Å². The molecule has 1 aliphatic heterocycles. The van der Waals surface area contributed by atoms with Gasteiger partial charge >= 0.3 is 0 Å². The van der Waals surface area contributed by atoms with Gasteiger partial charge in [0, 0.05) is 30.7 Å². The van der Waals surface area contributed by atoms with Gasteiger partial charge in [0.15, 0.2) is 0 Å². The number of carbonyl (C=O) groups is 1. The van der Waals surface area contributed by atoms with Crippen LogP contribution in [0.25, 0.3) is 0 Å². The van der Waals surface area contributed by atoms with Crippen molar-refractivity contribution in [1.29, 1.82) is 0 Å². The van der Waals surface area contributed by atoms with Crippen LogP contribution in [0.1, 0.15) is 43.5 Å². The van der Waals surface area contributed by atoms with Gasteiger partial charge in [0.05, 0.1) is 5.69 Å². The van der Waals surface area contributed by atoms with E-state index in [0.717, 1.165) is 6.54 Å². The van der Waals surface area contributed by atoms with Gasteiger partial charge in [-0.25, -0.2) is 4.39 Å². The van der Waals surface area contributed by atoms with Gasteiger partial charge in [-0.15, -0.1) is 0 Å². The summed E-state index contributed by atoms with van der Waals surface area (Å²) in [5.41, 5.74) is 5.87. The molecule has 5 heteroatoms. The van der Waals surface area contributed by atoms with Crippen LogP contribution in [0.15, 0.2) is 18.2 Å². The van der Waals surface area contributed by atoms with Crippen molar-refractivity contribution in [3.8, 4) is 0 Å². The molecule has 116 valence electrons. The maximum Gasteiger partial charge on any atom is 0.251 e. The number of nitrogens with zero attached hydrogens (tertiary/aromatic N) is 1. The summed E-state index contributed by atoms with van der Waals surface area (Å²) in [6, 6.07) is 5.17. The lowest BCUT2D eigenvalue weighted by molar-refractivity contribution is 0.0889. The predicted molar refractivity (Wildman–Crippen MR) is 82.6 cm³/mol. The quantitative estimate of drug-likeness (QED) is 0.838. The van der Waals surface area contributed by atoms with Crippen molar-refractivity contribution >= 4 is 11.6 Å². The number of nitrogens with one attached hydrogen (secondary N) is 1. The Bertz CT molecular complexity index is 496. The van der Waals surface area contributed by atoms with E-state index in [9.17, 15) is 9.18 Å². The molecule has 2 rings (SSSR count). The molecule has 4 nitrogen and oxygen atoms in total. The number of amides is 1. The molecule has 1 heterocycles. The molecule has 0 aromatic heterocycles. The number of hydrogen-bond acceptors (Lipinski definition) is 3. The van der Waals surface area contributed by atoms with E-state index in [0.29, 0.717) is 24.2 Å². The first-order chi connectivity index (χ1) is 9.99. The van der Waals surface area contributed by atoms with Crippen molar-refractivity contribution in [2.75, 3.05) is 18.8 Å². The predicted octanol–water partition coefficient (Wildman–Crippen LogP) is 2.40. The zero-order chi connectivity index (χ0) is 15.4. The lowest BCUT2D eigenvalue weighted by Crippen LogP contribution is -2.47. The number of hydrogen-bond donors (Lipinski definition) is 2. The van der Waals surface area contributed by atoms with Gasteiger partial charge in [0.2, 0.25) is 0 Å². The second-order valence-corrected chi connectivity index (χ2v) is 5.86. The van der Waals surface area contributed by atoms with Crippen molar-refractivity contribution in [3.05, 3.63) is 29.6 Å². The van der Waals surface area contributed by atoms with E-state index in [1.165, 1.54) is 37.5 Å². The summed E-state index contributed by atoms with van der Waals surface area (Å²) >= 11 is 0. The molecule has 0 radical (unpaired) electrons. The van der Waals surface area contributed by atoms with Crippen LogP contribution in [0, 0.1) is 5.82 Å². The molecule has 1 aromatic carbocycles. The van der Waals surface area contributed by atoms with E-state index >= 15 is 0 Å². The SMILES string of the molecule is CC1CCCC(C)N1CCNC(=O)c1ccc(F)c(N)c1. The molecular formula is C16H24FN3O. The van der Waals surface area contributed by atoms with Gasteiger partial charge in [-0.1, -0.05) is 6.42 Å². The van der Waals surface area contributed by atoms with Gasteiger partial charge in [-0.05, 0) is 44.9 Å². The van der Waals surface area contributed by atoms with Crippen LogP contribution in [-0.4, -0.2) is 36.0 Å². The normalized spacial score (nSPS) is 23.0. The van der Waals surface area contributed by atoms with E-state index in [1.54, 1.807) is 0 Å². The van der Waals surface area contributed by atoms with Crippen molar-refractivity contribution in [2.45, 2.75) is 45.2 Å². The average Bonchev–Trinajstić information content (AvgIpc) is 2.45. The summed E-state index contributed by atoms with van der Waals surface area (Å²) < 4.78 is 13.1. The summed E-state index contributed by atoms with van der Waals surface area (Å²) in [5.74, 6) is -0.707. The van der Waals surface area contributed by atoms with Crippen molar-refractivity contribution < 1.29 is 9.18 Å². The maximum absolute atomic E-state index is 13.1. The first-order valence-electron chi connectivity index (χ1n) is 7.58. The molecule has 1 fully saturated rings. The Labute approximate surface area is 125 Å². The van der Waals surface area contributed by atoms with E-state index < -0.39 is 5.82 Å². The smallest absolute Gasteiger partial charge is 0.251 e. The number of nitrogens with two attached hydrogens (primary N) is 1. The second-order valence-electron chi connectivity index (χ2n) is 5.86. The minimum absolute atomic E-state index is 0.000856. The van der Waals surface area contributed by atoms with Gasteiger partial charge in [0.1, 0.15) is 5.82 Å². The Morgan fingerprint density at radius 3 is 2.67 bits per heavy atom. The maximum atomic E-state index is 13.1. The minimum atomic E-state index is -0.498. The molecule has 0 bridgehead atoms. The fourth-order valence-corrected chi connectivity index (χ4v) is 3.00. The lowest BCUT2D eigenvalue weighted by Gasteiger charge is -2.39. The number of benzene rings is 1. The molecular weight excluding hydrogens is 269 g/mol. The average molecular weight is 293 g/mol. The Morgan fingerprint density at radius 1 is 1.38 bits per heavy atom. The summed E-state index contributed by atoms with van der Waals surface area (Å²) in [4.78, 5) is 14.4.